The van der Waals surface area contributed by atoms with Gasteiger partial charge in [-0.25, -0.2) is 0 Å². The highest BCUT2D eigenvalue weighted by Crippen LogP contribution is 2.25. The van der Waals surface area contributed by atoms with Crippen molar-refractivity contribution >= 4 is 11.8 Å². The van der Waals surface area contributed by atoms with Gasteiger partial charge < -0.3 is 15.2 Å². The monoisotopic (exact) mass is 289 g/mol. The number of thioether (sulfide) groups is 1. The van der Waals surface area contributed by atoms with Crippen LogP contribution in [0.1, 0.15) is 46.5 Å². The summed E-state index contributed by atoms with van der Waals surface area (Å²) in [6, 6.07) is 0.453. The Kier molecular flexibility index (Phi) is 9.12. The average molecular weight is 289 g/mol. The summed E-state index contributed by atoms with van der Waals surface area (Å²) in [6.45, 7) is 7.73. The molecule has 0 spiro atoms. The quantitative estimate of drug-likeness (QED) is 0.685. The third-order valence-corrected chi connectivity index (χ3v) is 4.83. The van der Waals surface area contributed by atoms with E-state index in [0.717, 1.165) is 30.3 Å². The minimum atomic E-state index is -0.383. The van der Waals surface area contributed by atoms with Crippen LogP contribution >= 0.6 is 11.8 Å². The first-order valence-electron chi connectivity index (χ1n) is 7.72. The Morgan fingerprint density at radius 2 is 2.21 bits per heavy atom. The predicted molar refractivity (Wildman–Crippen MR) is 83.8 cm³/mol. The molecule has 4 heteroatoms. The van der Waals surface area contributed by atoms with E-state index in [2.05, 4.69) is 26.1 Å². The highest BCUT2D eigenvalue weighted by atomic mass is 32.2. The number of rotatable bonds is 9. The number of aliphatic hydroxyl groups is 1. The third-order valence-electron chi connectivity index (χ3n) is 3.69. The third kappa shape index (κ3) is 8.18. The Morgan fingerprint density at radius 1 is 1.42 bits per heavy atom. The van der Waals surface area contributed by atoms with Crippen LogP contribution in [-0.4, -0.2) is 48.0 Å². The molecule has 0 aromatic rings. The molecular formula is C15H31NO2S. The molecule has 2 N–H and O–H groups in total. The summed E-state index contributed by atoms with van der Waals surface area (Å²) in [6.07, 6.45) is 4.90. The van der Waals surface area contributed by atoms with E-state index in [-0.39, 0.29) is 6.10 Å². The lowest BCUT2D eigenvalue weighted by Gasteiger charge is -2.27. The largest absolute Gasteiger partial charge is 0.389 e. The average Bonchev–Trinajstić information content (AvgIpc) is 2.40. The predicted octanol–water partition coefficient (Wildman–Crippen LogP) is 2.67. The molecule has 3 nitrogen and oxygen atoms in total. The maximum absolute atomic E-state index is 9.93. The van der Waals surface area contributed by atoms with Gasteiger partial charge in [-0.15, -0.1) is 0 Å². The van der Waals surface area contributed by atoms with E-state index >= 15 is 0 Å². The fourth-order valence-electron chi connectivity index (χ4n) is 2.53. The van der Waals surface area contributed by atoms with Gasteiger partial charge in [0.1, 0.15) is 0 Å². The molecule has 19 heavy (non-hydrogen) atoms. The Balaban J connectivity index is 2.05. The molecule has 1 rings (SSSR count). The summed E-state index contributed by atoms with van der Waals surface area (Å²) >= 11 is 1.93. The van der Waals surface area contributed by atoms with Crippen LogP contribution in [0.4, 0.5) is 0 Å². The molecule has 0 amide bonds. The van der Waals surface area contributed by atoms with Gasteiger partial charge in [0, 0.05) is 18.3 Å². The second kappa shape index (κ2) is 10.0. The van der Waals surface area contributed by atoms with Gasteiger partial charge in [0.15, 0.2) is 0 Å². The first-order chi connectivity index (χ1) is 9.11. The molecule has 114 valence electrons. The van der Waals surface area contributed by atoms with Gasteiger partial charge in [0.25, 0.3) is 0 Å². The van der Waals surface area contributed by atoms with Crippen LogP contribution in [-0.2, 0) is 4.74 Å². The second-order valence-corrected chi connectivity index (χ2v) is 7.17. The van der Waals surface area contributed by atoms with Crippen molar-refractivity contribution in [3.05, 3.63) is 0 Å². The Bertz CT molecular complexity index is 228. The van der Waals surface area contributed by atoms with Gasteiger partial charge in [-0.05, 0) is 31.4 Å². The fraction of sp³-hybridized carbons (Fsp3) is 1.00. The lowest BCUT2D eigenvalue weighted by atomic mass is 9.89. The van der Waals surface area contributed by atoms with E-state index in [4.69, 9.17) is 4.74 Å². The zero-order valence-corrected chi connectivity index (χ0v) is 13.5. The van der Waals surface area contributed by atoms with Crippen molar-refractivity contribution in [2.24, 2.45) is 5.92 Å². The summed E-state index contributed by atoms with van der Waals surface area (Å²) < 4.78 is 5.83. The molecule has 0 aliphatic heterocycles. The van der Waals surface area contributed by atoms with Gasteiger partial charge in [-0.2, -0.15) is 11.8 Å². The number of ether oxygens (including phenoxy) is 1. The Labute approximate surface area is 122 Å². The number of hydrogen-bond acceptors (Lipinski definition) is 4. The second-order valence-electron chi connectivity index (χ2n) is 5.85. The molecule has 0 aromatic heterocycles. The smallest absolute Gasteiger partial charge is 0.0897 e. The normalized spacial score (nSPS) is 27.2. The molecule has 0 heterocycles. The van der Waals surface area contributed by atoms with Crippen LogP contribution < -0.4 is 5.32 Å². The van der Waals surface area contributed by atoms with Crippen molar-refractivity contribution in [3.63, 3.8) is 0 Å². The van der Waals surface area contributed by atoms with E-state index in [1.54, 1.807) is 0 Å². The molecule has 4 unspecified atom stereocenters. The molecule has 1 fully saturated rings. The summed E-state index contributed by atoms with van der Waals surface area (Å²) in [4.78, 5) is 0. The van der Waals surface area contributed by atoms with Crippen molar-refractivity contribution in [2.45, 2.75) is 64.7 Å². The van der Waals surface area contributed by atoms with Crippen molar-refractivity contribution in [3.8, 4) is 0 Å². The molecule has 1 aliphatic rings. The van der Waals surface area contributed by atoms with Crippen molar-refractivity contribution in [1.29, 1.82) is 0 Å². The number of nitrogens with one attached hydrogen (secondary N) is 1. The van der Waals surface area contributed by atoms with Gasteiger partial charge >= 0.3 is 0 Å². The van der Waals surface area contributed by atoms with Crippen molar-refractivity contribution < 1.29 is 9.84 Å². The first-order valence-corrected chi connectivity index (χ1v) is 8.88. The zero-order chi connectivity index (χ0) is 14.1. The summed E-state index contributed by atoms with van der Waals surface area (Å²) in [5.41, 5.74) is 0. The van der Waals surface area contributed by atoms with Crippen molar-refractivity contribution in [2.75, 3.05) is 24.7 Å². The van der Waals surface area contributed by atoms with Crippen LogP contribution in [0.2, 0.25) is 0 Å². The fourth-order valence-corrected chi connectivity index (χ4v) is 3.23. The Morgan fingerprint density at radius 3 is 2.89 bits per heavy atom. The molecule has 0 aromatic carbocycles. The van der Waals surface area contributed by atoms with Crippen LogP contribution in [0.3, 0.4) is 0 Å². The molecule has 1 aliphatic carbocycles. The van der Waals surface area contributed by atoms with Crippen LogP contribution in [0, 0.1) is 5.92 Å². The number of hydrogen-bond donors (Lipinski definition) is 2. The standard InChI is InChI=1S/C15H31NO2S/c1-4-19-11-13(3)16-9-14(17)10-18-15-7-5-6-12(2)8-15/h12-17H,4-11H2,1-3H3. The van der Waals surface area contributed by atoms with Crippen LogP contribution in [0.25, 0.3) is 0 Å². The Hall–Kier alpha value is 0.230. The van der Waals surface area contributed by atoms with Crippen LogP contribution in [0.5, 0.6) is 0 Å². The van der Waals surface area contributed by atoms with E-state index in [9.17, 15) is 5.11 Å². The molecule has 4 atom stereocenters. The van der Waals surface area contributed by atoms with Crippen molar-refractivity contribution in [1.82, 2.24) is 5.32 Å². The summed E-state index contributed by atoms with van der Waals surface area (Å²) in [7, 11) is 0. The SMILES string of the molecule is CCSCC(C)NCC(O)COC1CCCC(C)C1. The highest BCUT2D eigenvalue weighted by Gasteiger charge is 2.20. The maximum Gasteiger partial charge on any atom is 0.0897 e. The molecule has 1 saturated carbocycles. The number of aliphatic hydroxyl groups excluding tert-OH is 1. The molecular weight excluding hydrogens is 258 g/mol. The van der Waals surface area contributed by atoms with Gasteiger partial charge in [-0.1, -0.05) is 26.7 Å². The lowest BCUT2D eigenvalue weighted by Crippen LogP contribution is -2.38. The van der Waals surface area contributed by atoms with Crippen LogP contribution in [0.15, 0.2) is 0 Å². The van der Waals surface area contributed by atoms with Gasteiger partial charge in [0.05, 0.1) is 18.8 Å². The maximum atomic E-state index is 9.93. The highest BCUT2D eigenvalue weighted by molar-refractivity contribution is 7.99. The molecule has 0 radical (unpaired) electrons. The van der Waals surface area contributed by atoms with E-state index < -0.39 is 0 Å². The molecule has 0 bridgehead atoms. The minimum Gasteiger partial charge on any atom is -0.389 e. The zero-order valence-electron chi connectivity index (χ0n) is 12.7. The van der Waals surface area contributed by atoms with E-state index in [0.29, 0.717) is 25.3 Å². The summed E-state index contributed by atoms with van der Waals surface area (Å²) in [5.74, 6) is 3.03. The van der Waals surface area contributed by atoms with Gasteiger partial charge in [0.2, 0.25) is 0 Å². The first kappa shape index (κ1) is 17.3. The van der Waals surface area contributed by atoms with E-state index in [1.807, 2.05) is 11.8 Å². The lowest BCUT2D eigenvalue weighted by molar-refractivity contribution is -0.0309. The molecule has 0 saturated heterocycles. The topological polar surface area (TPSA) is 41.5 Å². The minimum absolute atomic E-state index is 0.367. The van der Waals surface area contributed by atoms with Gasteiger partial charge in [-0.3, -0.25) is 0 Å². The van der Waals surface area contributed by atoms with E-state index in [1.165, 1.54) is 12.8 Å². The summed E-state index contributed by atoms with van der Waals surface area (Å²) in [5, 5.41) is 13.3.